The van der Waals surface area contributed by atoms with E-state index in [1.807, 2.05) is 13.0 Å². The Hall–Kier alpha value is -0.232. The molecule has 0 aliphatic rings. The van der Waals surface area contributed by atoms with E-state index in [2.05, 4.69) is 11.7 Å². The van der Waals surface area contributed by atoms with Gasteiger partial charge in [0.15, 0.2) is 0 Å². The molecule has 44 valence electrons. The fourth-order valence-corrected chi connectivity index (χ4v) is 0.688. The van der Waals surface area contributed by atoms with Gasteiger partial charge in [0.2, 0.25) is 0 Å². The summed E-state index contributed by atoms with van der Waals surface area (Å²) in [5.74, 6) is 0.498. The van der Waals surface area contributed by atoms with Crippen LogP contribution in [0, 0.1) is 0 Å². The summed E-state index contributed by atoms with van der Waals surface area (Å²) in [4.78, 5) is 3.51. The van der Waals surface area contributed by atoms with Crippen LogP contribution in [0.15, 0.2) is 16.9 Å². The fraction of sp³-hybridized carbons (Fsp3) is 0.200. The summed E-state index contributed by atoms with van der Waals surface area (Å²) in [5.41, 5.74) is 5.30. The van der Waals surface area contributed by atoms with Crippen LogP contribution in [0.1, 0.15) is 6.92 Å². The summed E-state index contributed by atoms with van der Waals surface area (Å²) in [6, 6.07) is 0. The average molecular weight is 280 g/mol. The molecule has 2 nitrogen and oxygen atoms in total. The van der Waals surface area contributed by atoms with E-state index in [4.69, 9.17) is 5.73 Å². The summed E-state index contributed by atoms with van der Waals surface area (Å²) >= 11 is 1.41. The molecular weight excluding hydrogens is 272 g/mol. The second kappa shape index (κ2) is 3.73. The van der Waals surface area contributed by atoms with Crippen molar-refractivity contribution in [3.05, 3.63) is 11.9 Å². The Morgan fingerprint density at radius 3 is 2.50 bits per heavy atom. The Bertz CT molecular complexity index is 137. The molecule has 0 aliphatic carbocycles. The third kappa shape index (κ3) is 3.94. The zero-order valence-corrected chi connectivity index (χ0v) is 7.65. The van der Waals surface area contributed by atoms with E-state index in [-0.39, 0.29) is 0 Å². The van der Waals surface area contributed by atoms with E-state index < -0.39 is 0 Å². The molecule has 0 aromatic heterocycles. The molecule has 0 rings (SSSR count). The van der Waals surface area contributed by atoms with Gasteiger partial charge >= 0.3 is 59.5 Å². The Balaban J connectivity index is 3.94. The van der Waals surface area contributed by atoms with E-state index in [0.717, 1.165) is 0 Å². The molecule has 0 saturated heterocycles. The zero-order chi connectivity index (χ0) is 6.57. The van der Waals surface area contributed by atoms with Crippen LogP contribution in [0.5, 0.6) is 0 Å². The zero-order valence-electron chi connectivity index (χ0n) is 4.72. The van der Waals surface area contributed by atoms with Gasteiger partial charge in [-0.2, -0.15) is 0 Å². The molecule has 8 heavy (non-hydrogen) atoms. The number of aliphatic imine (C=N–C) groups is 1. The molecule has 0 fully saturated rings. The van der Waals surface area contributed by atoms with Crippen LogP contribution < -0.4 is 5.73 Å². The van der Waals surface area contributed by atoms with Gasteiger partial charge in [-0.15, -0.1) is 0 Å². The molecule has 0 bridgehead atoms. The minimum atomic E-state index is 0.498. The number of hydrogen-bond donors (Lipinski definition) is 1. The van der Waals surface area contributed by atoms with Gasteiger partial charge in [-0.25, -0.2) is 0 Å². The molecule has 3 heteroatoms. The van der Waals surface area contributed by atoms with E-state index in [1.54, 1.807) is 0 Å². The Morgan fingerprint density at radius 2 is 2.38 bits per heavy atom. The van der Waals surface area contributed by atoms with Crippen molar-refractivity contribution in [3.8, 4) is 0 Å². The number of rotatable bonds is 2. The molecule has 0 amide bonds. The van der Waals surface area contributed by atoms with Crippen molar-refractivity contribution in [1.29, 1.82) is 0 Å². The van der Waals surface area contributed by atoms with Crippen LogP contribution in [-0.4, -0.2) is 10.6 Å². The van der Waals surface area contributed by atoms with Crippen molar-refractivity contribution in [2.45, 2.75) is 6.92 Å². The number of nitrogens with two attached hydrogens (primary N) is 1. The molecule has 0 heterocycles. The number of allylic oxidation sites excluding steroid dienone is 1. The Morgan fingerprint density at radius 1 is 1.88 bits per heavy atom. The van der Waals surface area contributed by atoms with Gasteiger partial charge in [0.25, 0.3) is 0 Å². The normalized spacial score (nSPS) is 10.9. The van der Waals surface area contributed by atoms with Crippen LogP contribution in [0.4, 0.5) is 0 Å². The first-order chi connectivity index (χ1) is 3.66. The van der Waals surface area contributed by atoms with Crippen molar-refractivity contribution >= 4 is 10.6 Å². The standard InChI is InChI=1S/C5H8N2.W/c1-3-4-5(6)7-2;/h4H,2,6H2,1H3;/b5-4-;. The Kier molecular flexibility index (Phi) is 3.62. The SMILES string of the molecule is C=N/C(N)=C\[C](C)=[W]. The van der Waals surface area contributed by atoms with Crippen molar-refractivity contribution in [1.82, 2.24) is 0 Å². The van der Waals surface area contributed by atoms with Gasteiger partial charge in [0, 0.05) is 0 Å². The van der Waals surface area contributed by atoms with E-state index in [9.17, 15) is 0 Å². The first-order valence-electron chi connectivity index (χ1n) is 2.11. The Labute approximate surface area is 59.9 Å². The molecule has 0 atom stereocenters. The van der Waals surface area contributed by atoms with Crippen LogP contribution in [0.2, 0.25) is 0 Å². The van der Waals surface area contributed by atoms with Crippen molar-refractivity contribution < 1.29 is 19.4 Å². The quantitative estimate of drug-likeness (QED) is 0.722. The van der Waals surface area contributed by atoms with Gasteiger partial charge in [-0.05, 0) is 0 Å². The molecule has 0 saturated carbocycles. The average Bonchev–Trinajstić information content (AvgIpc) is 1.65. The van der Waals surface area contributed by atoms with Crippen LogP contribution in [0.25, 0.3) is 0 Å². The van der Waals surface area contributed by atoms with E-state index in [0.29, 0.717) is 5.82 Å². The number of nitrogens with zero attached hydrogens (tertiary/aromatic N) is 1. The fourth-order valence-electron chi connectivity index (χ4n) is 0.254. The molecule has 0 unspecified atom stereocenters. The monoisotopic (exact) mass is 280 g/mol. The first-order valence-corrected chi connectivity index (χ1v) is 3.58. The van der Waals surface area contributed by atoms with Crippen molar-refractivity contribution in [3.63, 3.8) is 0 Å². The second-order valence-corrected chi connectivity index (χ2v) is 3.65. The molecule has 0 aromatic carbocycles. The molecule has 0 aromatic rings. The summed E-state index contributed by atoms with van der Waals surface area (Å²) in [5, 5.41) is 0. The van der Waals surface area contributed by atoms with E-state index >= 15 is 0 Å². The summed E-state index contributed by atoms with van der Waals surface area (Å²) < 4.78 is 1.22. The topological polar surface area (TPSA) is 38.4 Å². The molecule has 0 aliphatic heterocycles. The third-order valence-electron chi connectivity index (χ3n) is 0.534. The van der Waals surface area contributed by atoms with Gasteiger partial charge < -0.3 is 0 Å². The van der Waals surface area contributed by atoms with Crippen LogP contribution >= 0.6 is 0 Å². The molecule has 0 radical (unpaired) electrons. The van der Waals surface area contributed by atoms with Gasteiger partial charge in [-0.3, -0.25) is 0 Å². The van der Waals surface area contributed by atoms with Crippen LogP contribution in [0.3, 0.4) is 0 Å². The minimum absolute atomic E-state index is 0.498. The first kappa shape index (κ1) is 7.77. The summed E-state index contributed by atoms with van der Waals surface area (Å²) in [7, 11) is 0. The summed E-state index contributed by atoms with van der Waals surface area (Å²) in [6.45, 7) is 5.26. The van der Waals surface area contributed by atoms with Gasteiger partial charge in [-0.1, -0.05) is 0 Å². The predicted octanol–water partition coefficient (Wildman–Crippen LogP) is 0.226. The van der Waals surface area contributed by atoms with Crippen molar-refractivity contribution in [2.75, 3.05) is 0 Å². The molecule has 0 spiro atoms. The number of hydrogen-bond acceptors (Lipinski definition) is 2. The molecule has 2 N–H and O–H groups in total. The van der Waals surface area contributed by atoms with E-state index in [1.165, 1.54) is 23.3 Å². The maximum atomic E-state index is 5.30. The maximum absolute atomic E-state index is 5.30. The summed E-state index contributed by atoms with van der Waals surface area (Å²) in [6.07, 6.45) is 1.81. The van der Waals surface area contributed by atoms with Gasteiger partial charge in [0.1, 0.15) is 0 Å². The molecular formula is C5H8N2W. The van der Waals surface area contributed by atoms with Crippen molar-refractivity contribution in [2.24, 2.45) is 10.7 Å². The van der Waals surface area contributed by atoms with Crippen LogP contribution in [-0.2, 0) is 19.4 Å². The van der Waals surface area contributed by atoms with Gasteiger partial charge in [0.05, 0.1) is 0 Å². The third-order valence-corrected chi connectivity index (χ3v) is 0.957. The second-order valence-electron chi connectivity index (χ2n) is 1.34. The predicted molar refractivity (Wildman–Crippen MR) is 32.5 cm³/mol.